The van der Waals surface area contributed by atoms with Gasteiger partial charge in [0.15, 0.2) is 0 Å². The number of carbonyl (C=O) groups is 8. The predicted molar refractivity (Wildman–Crippen MR) is 266 cm³/mol. The summed E-state index contributed by atoms with van der Waals surface area (Å²) >= 11 is 0. The van der Waals surface area contributed by atoms with Gasteiger partial charge in [-0.1, -0.05) is 91.0 Å². The Kier molecular flexibility index (Phi) is 22.3. The van der Waals surface area contributed by atoms with E-state index in [0.717, 1.165) is 16.7 Å². The van der Waals surface area contributed by atoms with Crippen molar-refractivity contribution in [1.82, 2.24) is 36.4 Å². The Bertz CT molecular complexity index is 2270. The molecule has 0 bridgehead atoms. The van der Waals surface area contributed by atoms with E-state index in [-0.39, 0.29) is 77.6 Å². The molecule has 3 aromatic carbocycles. The fourth-order valence-corrected chi connectivity index (χ4v) is 8.09. The molecule has 0 aliphatic carbocycles. The zero-order valence-electron chi connectivity index (χ0n) is 41.9. The van der Waals surface area contributed by atoms with E-state index in [1.165, 1.54) is 16.9 Å². The molecule has 394 valence electrons. The van der Waals surface area contributed by atoms with Crippen molar-refractivity contribution in [3.05, 3.63) is 108 Å². The van der Waals surface area contributed by atoms with Crippen LogP contribution in [0.15, 0.2) is 96.0 Å². The predicted octanol–water partition coefficient (Wildman–Crippen LogP) is 5.61. The number of nitrogens with zero attached hydrogens (tertiary/aromatic N) is 3. The van der Waals surface area contributed by atoms with Crippen LogP contribution < -0.4 is 26.6 Å². The average Bonchev–Trinajstić information content (AvgIpc) is 4.09. The third kappa shape index (κ3) is 19.4. The lowest BCUT2D eigenvalue weighted by Gasteiger charge is -2.32. The maximum Gasteiger partial charge on any atom is 0.414 e. The van der Waals surface area contributed by atoms with Crippen molar-refractivity contribution < 1.29 is 62.0 Å². The van der Waals surface area contributed by atoms with Crippen LogP contribution in [0.1, 0.15) is 95.2 Å². The van der Waals surface area contributed by atoms with Crippen LogP contribution in [0.5, 0.6) is 0 Å². The minimum Gasteiger partial charge on any atom is -0.467 e. The normalized spacial score (nSPS) is 15.9. The van der Waals surface area contributed by atoms with Gasteiger partial charge in [-0.15, -0.1) is 0 Å². The zero-order valence-corrected chi connectivity index (χ0v) is 41.9. The first-order valence-corrected chi connectivity index (χ1v) is 24.5. The van der Waals surface area contributed by atoms with Gasteiger partial charge in [-0.3, -0.25) is 30.0 Å². The fraction of sp³-hybridized carbons (Fsp3) is 0.481. The van der Waals surface area contributed by atoms with Crippen LogP contribution in [0.2, 0.25) is 0 Å². The lowest BCUT2D eigenvalue weighted by molar-refractivity contribution is -0.152. The number of esters is 1. The molecule has 0 spiro atoms. The first kappa shape index (κ1) is 56.2. The summed E-state index contributed by atoms with van der Waals surface area (Å²) in [6, 6.07) is 23.0. The molecule has 2 saturated heterocycles. The number of hydrogen-bond acceptors (Lipinski definition) is 14. The summed E-state index contributed by atoms with van der Waals surface area (Å²) < 4.78 is 26.4. The van der Waals surface area contributed by atoms with Crippen molar-refractivity contribution >= 4 is 54.0 Å². The van der Waals surface area contributed by atoms with Crippen LogP contribution in [0.25, 0.3) is 0 Å². The maximum absolute atomic E-state index is 14.5. The van der Waals surface area contributed by atoms with Gasteiger partial charge in [0.25, 0.3) is 0 Å². The third-order valence-corrected chi connectivity index (χ3v) is 11.6. The molecule has 2 aliphatic rings. The monoisotopic (exact) mass is 1010 g/mol. The molecule has 0 aromatic heterocycles. The van der Waals surface area contributed by atoms with E-state index < -0.39 is 77.8 Å². The molecule has 0 radical (unpaired) electrons. The molecule has 0 saturated carbocycles. The van der Waals surface area contributed by atoms with Crippen molar-refractivity contribution in [1.29, 1.82) is 0 Å². The number of nitrogens with one attached hydrogen (secondary N) is 5. The first-order valence-electron chi connectivity index (χ1n) is 24.5. The Hall–Kier alpha value is -7.71. The van der Waals surface area contributed by atoms with Gasteiger partial charge in [0, 0.05) is 26.2 Å². The van der Waals surface area contributed by atoms with Crippen molar-refractivity contribution in [2.45, 2.75) is 128 Å². The Balaban J connectivity index is 1.25. The largest absolute Gasteiger partial charge is 0.467 e. The highest BCUT2D eigenvalue weighted by molar-refractivity contribution is 6.01. The van der Waals surface area contributed by atoms with Crippen LogP contribution >= 0.6 is 0 Å². The van der Waals surface area contributed by atoms with E-state index in [4.69, 9.17) is 23.7 Å². The standard InChI is InChI=1S/C52H68N8O13/c1-52(2,3)73-51(68)56-40(26-16-30-53-47(57-49(66)71-34-37-21-10-6-11-22-37)58-50(67)72-35-38-23-12-7-13-24-38)45(63)59-31-17-27-41(59)43(61)55-39(44(62)60-32-18-28-42(60)46(64)69-4)25-14-15-29-54-48(65)70-33-36-19-8-5-9-20-36/h5-13,19-24,39-42H,14-18,25-35H2,1-4H3,(H,54,65)(H,55,61)(H,56,68)(H2,53,57,58,66,67)/t39-,40-,41-,42-/m0/s1. The van der Waals surface area contributed by atoms with Crippen LogP contribution in [0, 0.1) is 0 Å². The van der Waals surface area contributed by atoms with Gasteiger partial charge < -0.3 is 49.4 Å². The van der Waals surface area contributed by atoms with Crippen LogP contribution in [0.4, 0.5) is 19.2 Å². The lowest BCUT2D eigenvalue weighted by Crippen LogP contribution is -2.57. The van der Waals surface area contributed by atoms with Crippen LogP contribution in [0.3, 0.4) is 0 Å². The number of methoxy groups -OCH3 is 1. The van der Waals surface area contributed by atoms with E-state index >= 15 is 0 Å². The smallest absolute Gasteiger partial charge is 0.414 e. The molecule has 4 atom stereocenters. The number of carbonyl (C=O) groups excluding carboxylic acids is 8. The molecule has 73 heavy (non-hydrogen) atoms. The molecule has 21 nitrogen and oxygen atoms in total. The van der Waals surface area contributed by atoms with Crippen molar-refractivity contribution in [3.8, 4) is 0 Å². The second-order valence-electron chi connectivity index (χ2n) is 18.4. The third-order valence-electron chi connectivity index (χ3n) is 11.6. The SMILES string of the molecule is COC(=O)[C@@H]1CCCN1C(=O)[C@H](CCCCNC(=O)OCc1ccccc1)NC(=O)[C@@H]1CCCN1C(=O)[C@H](CCCN=C(NC(=O)OCc1ccccc1)NC(=O)OCc1ccccc1)NC(=O)OC(C)(C)C. The highest BCUT2D eigenvalue weighted by atomic mass is 16.6. The molecule has 2 aliphatic heterocycles. The van der Waals surface area contributed by atoms with Crippen molar-refractivity contribution in [2.24, 2.45) is 4.99 Å². The molecular weight excluding hydrogens is 945 g/mol. The Morgan fingerprint density at radius 1 is 0.603 bits per heavy atom. The van der Waals surface area contributed by atoms with E-state index in [0.29, 0.717) is 32.1 Å². The number of likely N-dealkylation sites (tertiary alicyclic amines) is 2. The Morgan fingerprint density at radius 3 is 1.58 bits per heavy atom. The highest BCUT2D eigenvalue weighted by Crippen LogP contribution is 2.24. The number of aliphatic imine (C=N–C) groups is 1. The van der Waals surface area contributed by atoms with Crippen molar-refractivity contribution in [3.63, 3.8) is 0 Å². The van der Waals surface area contributed by atoms with E-state index in [2.05, 4.69) is 31.6 Å². The summed E-state index contributed by atoms with van der Waals surface area (Å²) in [5, 5.41) is 13.1. The van der Waals surface area contributed by atoms with E-state index in [1.807, 2.05) is 42.5 Å². The lowest BCUT2D eigenvalue weighted by atomic mass is 10.1. The van der Waals surface area contributed by atoms with Gasteiger partial charge in [0.05, 0.1) is 7.11 Å². The number of alkyl carbamates (subject to hydrolysis) is 4. The molecule has 7 amide bonds. The van der Waals surface area contributed by atoms with Gasteiger partial charge in [-0.25, -0.2) is 24.0 Å². The van der Waals surface area contributed by atoms with Gasteiger partial charge in [-0.2, -0.15) is 0 Å². The number of benzene rings is 3. The van der Waals surface area contributed by atoms with Gasteiger partial charge in [0.1, 0.15) is 49.6 Å². The number of hydrogen-bond donors (Lipinski definition) is 5. The number of unbranched alkanes of at least 4 members (excludes halogenated alkanes) is 1. The Morgan fingerprint density at radius 2 is 1.07 bits per heavy atom. The van der Waals surface area contributed by atoms with Crippen LogP contribution in [-0.4, -0.2) is 127 Å². The van der Waals surface area contributed by atoms with E-state index in [9.17, 15) is 38.4 Å². The molecule has 3 aromatic rings. The number of guanidine groups is 1. The number of rotatable bonds is 21. The Labute approximate surface area is 425 Å². The number of amides is 7. The zero-order chi connectivity index (χ0) is 52.6. The van der Waals surface area contributed by atoms with Crippen LogP contribution in [-0.2, 0) is 62.7 Å². The summed E-state index contributed by atoms with van der Waals surface area (Å²) in [4.78, 5) is 114. The summed E-state index contributed by atoms with van der Waals surface area (Å²) in [6.07, 6.45) is -0.580. The van der Waals surface area contributed by atoms with Gasteiger partial charge >= 0.3 is 30.3 Å². The first-order chi connectivity index (χ1) is 35.1. The van der Waals surface area contributed by atoms with Crippen molar-refractivity contribution in [2.75, 3.05) is 33.3 Å². The second kappa shape index (κ2) is 29.0. The highest BCUT2D eigenvalue weighted by Gasteiger charge is 2.42. The minimum atomic E-state index is -1.22. The summed E-state index contributed by atoms with van der Waals surface area (Å²) in [5.74, 6) is -2.52. The maximum atomic E-state index is 14.5. The molecule has 2 fully saturated rings. The summed E-state index contributed by atoms with van der Waals surface area (Å²) in [5.41, 5.74) is 1.36. The number of ether oxygens (including phenoxy) is 5. The quantitative estimate of drug-likeness (QED) is 0.0286. The minimum absolute atomic E-state index is 0.0184. The van der Waals surface area contributed by atoms with Gasteiger partial charge in [0.2, 0.25) is 23.7 Å². The molecule has 0 unspecified atom stereocenters. The molecular formula is C52H68N8O13. The van der Waals surface area contributed by atoms with E-state index in [1.54, 1.807) is 69.3 Å². The molecule has 21 heteroatoms. The molecule has 5 rings (SSSR count). The van der Waals surface area contributed by atoms with Gasteiger partial charge in [-0.05, 0) is 95.2 Å². The average molecular weight is 1010 g/mol. The summed E-state index contributed by atoms with van der Waals surface area (Å²) in [6.45, 7) is 5.57. The topological polar surface area (TPSA) is 262 Å². The summed E-state index contributed by atoms with van der Waals surface area (Å²) in [7, 11) is 1.25. The molecule has 2 heterocycles. The fourth-order valence-electron chi connectivity index (χ4n) is 8.09. The second-order valence-corrected chi connectivity index (χ2v) is 18.4. The molecule has 5 N–H and O–H groups in total.